The summed E-state index contributed by atoms with van der Waals surface area (Å²) in [7, 11) is 0. The second-order valence-corrected chi connectivity index (χ2v) is 3.62. The van der Waals surface area contributed by atoms with Gasteiger partial charge in [-0.1, -0.05) is 6.07 Å². The number of nitrogens with zero attached hydrogens (tertiary/aromatic N) is 2. The van der Waals surface area contributed by atoms with Crippen LogP contribution in [0.3, 0.4) is 0 Å². The Kier molecular flexibility index (Phi) is 1.71. The third-order valence-corrected chi connectivity index (χ3v) is 2.47. The Hall–Kier alpha value is -2.36. The Bertz CT molecular complexity index is 694. The van der Waals surface area contributed by atoms with E-state index in [9.17, 15) is 5.11 Å². The summed E-state index contributed by atoms with van der Waals surface area (Å²) in [6.07, 6.45) is 0. The molecule has 0 spiro atoms. The number of hydrogen-bond acceptors (Lipinski definition) is 4. The Balaban J connectivity index is 2.49. The molecule has 0 radical (unpaired) electrons. The zero-order valence-electron chi connectivity index (χ0n) is 8.38. The number of fused-ring (bicyclic) bond motifs is 2. The SMILES string of the molecule is Nc1ccc2nc3cccc(O)c3nc2c1. The van der Waals surface area contributed by atoms with Crippen LogP contribution in [0.2, 0.25) is 0 Å². The van der Waals surface area contributed by atoms with Crippen molar-refractivity contribution in [1.82, 2.24) is 9.97 Å². The van der Waals surface area contributed by atoms with E-state index >= 15 is 0 Å². The first kappa shape index (κ1) is 8.91. The molecule has 0 aliphatic rings. The molecule has 16 heavy (non-hydrogen) atoms. The fourth-order valence-electron chi connectivity index (χ4n) is 1.70. The van der Waals surface area contributed by atoms with E-state index in [-0.39, 0.29) is 5.75 Å². The van der Waals surface area contributed by atoms with E-state index in [1.807, 2.05) is 12.1 Å². The quantitative estimate of drug-likeness (QED) is 0.441. The lowest BCUT2D eigenvalue weighted by molar-refractivity contribution is 0.480. The molecule has 3 rings (SSSR count). The molecule has 0 fully saturated rings. The van der Waals surface area contributed by atoms with E-state index in [4.69, 9.17) is 5.73 Å². The number of phenols is 1. The van der Waals surface area contributed by atoms with Gasteiger partial charge in [0.1, 0.15) is 11.3 Å². The molecule has 0 aliphatic carbocycles. The van der Waals surface area contributed by atoms with Gasteiger partial charge in [0, 0.05) is 5.69 Å². The van der Waals surface area contributed by atoms with Crippen LogP contribution in [-0.2, 0) is 0 Å². The van der Waals surface area contributed by atoms with Gasteiger partial charge >= 0.3 is 0 Å². The molecule has 3 N–H and O–H groups in total. The van der Waals surface area contributed by atoms with E-state index in [1.54, 1.807) is 24.3 Å². The fraction of sp³-hybridized carbons (Fsp3) is 0. The van der Waals surface area contributed by atoms with Gasteiger partial charge in [0.05, 0.1) is 16.6 Å². The molecule has 0 atom stereocenters. The lowest BCUT2D eigenvalue weighted by Crippen LogP contribution is -1.90. The number of hydrogen-bond donors (Lipinski definition) is 2. The molecule has 2 aromatic carbocycles. The van der Waals surface area contributed by atoms with Gasteiger partial charge in [-0.3, -0.25) is 0 Å². The largest absolute Gasteiger partial charge is 0.506 e. The number of aromatic nitrogens is 2. The van der Waals surface area contributed by atoms with Gasteiger partial charge in [0.25, 0.3) is 0 Å². The van der Waals surface area contributed by atoms with Crippen LogP contribution >= 0.6 is 0 Å². The average molecular weight is 211 g/mol. The highest BCUT2D eigenvalue weighted by atomic mass is 16.3. The number of phenolic OH excluding ortho intramolecular Hbond substituents is 1. The minimum atomic E-state index is 0.134. The van der Waals surface area contributed by atoms with E-state index in [2.05, 4.69) is 9.97 Å². The Morgan fingerprint density at radius 1 is 0.938 bits per heavy atom. The van der Waals surface area contributed by atoms with Crippen molar-refractivity contribution in [3.8, 4) is 5.75 Å². The number of aromatic hydroxyl groups is 1. The van der Waals surface area contributed by atoms with Crippen molar-refractivity contribution < 1.29 is 5.11 Å². The van der Waals surface area contributed by atoms with Crippen LogP contribution in [0.15, 0.2) is 36.4 Å². The zero-order valence-corrected chi connectivity index (χ0v) is 8.38. The normalized spacial score (nSPS) is 11.0. The Morgan fingerprint density at radius 2 is 1.81 bits per heavy atom. The van der Waals surface area contributed by atoms with Crippen LogP contribution in [0.5, 0.6) is 5.75 Å². The standard InChI is InChI=1S/C12H9N3O/c13-7-4-5-8-10(6-7)15-12-9(14-8)2-1-3-11(12)16/h1-6,16H,13H2. The Labute approximate surface area is 91.4 Å². The molecule has 0 saturated heterocycles. The number of benzene rings is 2. The lowest BCUT2D eigenvalue weighted by atomic mass is 10.2. The van der Waals surface area contributed by atoms with Crippen molar-refractivity contribution in [1.29, 1.82) is 0 Å². The predicted molar refractivity (Wildman–Crippen MR) is 63.1 cm³/mol. The van der Waals surface area contributed by atoms with Crippen molar-refractivity contribution >= 4 is 27.8 Å². The summed E-state index contributed by atoms with van der Waals surface area (Å²) < 4.78 is 0. The van der Waals surface area contributed by atoms with Crippen LogP contribution in [-0.4, -0.2) is 15.1 Å². The first-order valence-corrected chi connectivity index (χ1v) is 4.89. The molecule has 0 aliphatic heterocycles. The molecule has 78 valence electrons. The van der Waals surface area contributed by atoms with E-state index in [1.165, 1.54) is 0 Å². The van der Waals surface area contributed by atoms with E-state index in [0.29, 0.717) is 22.2 Å². The van der Waals surface area contributed by atoms with Gasteiger partial charge in [-0.15, -0.1) is 0 Å². The lowest BCUT2D eigenvalue weighted by Gasteiger charge is -2.02. The van der Waals surface area contributed by atoms with Crippen molar-refractivity contribution in [3.05, 3.63) is 36.4 Å². The zero-order chi connectivity index (χ0) is 11.1. The van der Waals surface area contributed by atoms with Crippen LogP contribution in [0.4, 0.5) is 5.69 Å². The number of nitrogen functional groups attached to an aromatic ring is 1. The summed E-state index contributed by atoms with van der Waals surface area (Å²) in [5, 5.41) is 9.67. The fourth-order valence-corrected chi connectivity index (χ4v) is 1.70. The van der Waals surface area contributed by atoms with Crippen LogP contribution in [0.1, 0.15) is 0 Å². The molecule has 0 amide bonds. The summed E-state index contributed by atoms with van der Waals surface area (Å²) >= 11 is 0. The maximum absolute atomic E-state index is 9.67. The van der Waals surface area contributed by atoms with E-state index < -0.39 is 0 Å². The van der Waals surface area contributed by atoms with Gasteiger partial charge in [-0.05, 0) is 30.3 Å². The second kappa shape index (κ2) is 3.06. The third kappa shape index (κ3) is 1.24. The number of anilines is 1. The average Bonchev–Trinajstić information content (AvgIpc) is 2.28. The van der Waals surface area contributed by atoms with Crippen molar-refractivity contribution in [2.24, 2.45) is 0 Å². The summed E-state index contributed by atoms with van der Waals surface area (Å²) in [4.78, 5) is 8.75. The molecular weight excluding hydrogens is 202 g/mol. The van der Waals surface area contributed by atoms with Gasteiger partial charge in [0.2, 0.25) is 0 Å². The molecule has 0 bridgehead atoms. The second-order valence-electron chi connectivity index (χ2n) is 3.62. The molecular formula is C12H9N3O. The van der Waals surface area contributed by atoms with Crippen LogP contribution in [0.25, 0.3) is 22.1 Å². The summed E-state index contributed by atoms with van der Waals surface area (Å²) in [6, 6.07) is 10.5. The predicted octanol–water partition coefficient (Wildman–Crippen LogP) is 2.07. The van der Waals surface area contributed by atoms with Crippen molar-refractivity contribution in [2.75, 3.05) is 5.73 Å². The molecule has 1 aromatic heterocycles. The smallest absolute Gasteiger partial charge is 0.143 e. The highest BCUT2D eigenvalue weighted by Gasteiger charge is 2.04. The van der Waals surface area contributed by atoms with Crippen LogP contribution < -0.4 is 5.73 Å². The maximum Gasteiger partial charge on any atom is 0.143 e. The van der Waals surface area contributed by atoms with Gasteiger partial charge in [-0.2, -0.15) is 0 Å². The number of para-hydroxylation sites is 1. The summed E-state index contributed by atoms with van der Waals surface area (Å²) in [6.45, 7) is 0. The molecule has 3 aromatic rings. The molecule has 0 unspecified atom stereocenters. The summed E-state index contributed by atoms with van der Waals surface area (Å²) in [5.74, 6) is 0.134. The minimum absolute atomic E-state index is 0.134. The first-order chi connectivity index (χ1) is 7.74. The molecule has 4 nitrogen and oxygen atoms in total. The van der Waals surface area contributed by atoms with Gasteiger partial charge < -0.3 is 10.8 Å². The van der Waals surface area contributed by atoms with Crippen molar-refractivity contribution in [3.63, 3.8) is 0 Å². The monoisotopic (exact) mass is 211 g/mol. The Morgan fingerprint density at radius 3 is 2.69 bits per heavy atom. The number of rotatable bonds is 0. The van der Waals surface area contributed by atoms with Gasteiger partial charge in [-0.25, -0.2) is 9.97 Å². The molecule has 1 heterocycles. The molecule has 4 heteroatoms. The highest BCUT2D eigenvalue weighted by molar-refractivity contribution is 5.90. The first-order valence-electron chi connectivity index (χ1n) is 4.89. The van der Waals surface area contributed by atoms with Crippen molar-refractivity contribution in [2.45, 2.75) is 0 Å². The third-order valence-electron chi connectivity index (χ3n) is 2.47. The van der Waals surface area contributed by atoms with Gasteiger partial charge in [0.15, 0.2) is 0 Å². The molecule has 0 saturated carbocycles. The maximum atomic E-state index is 9.67. The topological polar surface area (TPSA) is 72.0 Å². The van der Waals surface area contributed by atoms with E-state index in [0.717, 1.165) is 5.52 Å². The highest BCUT2D eigenvalue weighted by Crippen LogP contribution is 2.24. The minimum Gasteiger partial charge on any atom is -0.506 e. The van der Waals surface area contributed by atoms with Crippen LogP contribution in [0, 0.1) is 0 Å². The number of nitrogens with two attached hydrogens (primary N) is 1. The summed E-state index contributed by atoms with van der Waals surface area (Å²) in [5.41, 5.74) is 8.95.